The maximum absolute atomic E-state index is 15.4. The number of hydrazine groups is 1. The Balaban J connectivity index is 1.10. The second kappa shape index (κ2) is 16.5. The van der Waals surface area contributed by atoms with Gasteiger partial charge in [-0.2, -0.15) is 5.01 Å². The lowest BCUT2D eigenvalue weighted by molar-refractivity contribution is -0.138. The zero-order chi connectivity index (χ0) is 43.1. The van der Waals surface area contributed by atoms with E-state index < -0.39 is 40.9 Å². The number of benzene rings is 5. The molecular weight excluding hydrogens is 783 g/mol. The molecule has 1 saturated carbocycles. The third-order valence-electron chi connectivity index (χ3n) is 13.0. The molecule has 4 amide bonds. The number of aliphatic hydroxyl groups excluding tert-OH is 1. The van der Waals surface area contributed by atoms with Crippen LogP contribution in [0.4, 0.5) is 11.4 Å². The highest BCUT2D eigenvalue weighted by atomic mass is 16.5. The molecule has 0 unspecified atom stereocenters. The highest BCUT2D eigenvalue weighted by molar-refractivity contribution is 6.22. The van der Waals surface area contributed by atoms with Crippen molar-refractivity contribution in [1.29, 1.82) is 0 Å². The highest BCUT2D eigenvalue weighted by Gasteiger charge is 2.70. The third-order valence-corrected chi connectivity index (χ3v) is 13.0. The second-order valence-electron chi connectivity index (χ2n) is 16.3. The van der Waals surface area contributed by atoms with Gasteiger partial charge < -0.3 is 19.3 Å². The summed E-state index contributed by atoms with van der Waals surface area (Å²) in [6.45, 7) is 1.94. The fraction of sp³-hybridized carbons (Fsp3) is 0.255. The lowest BCUT2D eigenvalue weighted by Crippen LogP contribution is -2.53. The van der Waals surface area contributed by atoms with Crippen molar-refractivity contribution < 1.29 is 38.5 Å². The minimum Gasteiger partial charge on any atom is -0.497 e. The van der Waals surface area contributed by atoms with Crippen molar-refractivity contribution in [3.05, 3.63) is 161 Å². The van der Waals surface area contributed by atoms with Crippen LogP contribution >= 0.6 is 0 Å². The van der Waals surface area contributed by atoms with Gasteiger partial charge in [0.05, 0.1) is 55.4 Å². The van der Waals surface area contributed by atoms with E-state index in [0.717, 1.165) is 32.8 Å². The number of carbonyl (C=O) groups excluding carboxylic acids is 4. The van der Waals surface area contributed by atoms with Crippen molar-refractivity contribution in [2.45, 2.75) is 31.1 Å². The summed E-state index contributed by atoms with van der Waals surface area (Å²) >= 11 is 0. The first kappa shape index (κ1) is 40.4. The number of nitrogens with one attached hydrogen (secondary N) is 1. The first-order valence-corrected chi connectivity index (χ1v) is 20.9. The minimum atomic E-state index is -1.39. The Bertz CT molecular complexity index is 2590. The average molecular weight is 830 g/mol. The molecule has 4 aliphatic rings. The summed E-state index contributed by atoms with van der Waals surface area (Å²) in [6.07, 6.45) is 6.39. The van der Waals surface area contributed by atoms with Gasteiger partial charge in [-0.1, -0.05) is 96.1 Å². The van der Waals surface area contributed by atoms with Crippen LogP contribution in [0.15, 0.2) is 133 Å². The number of hydrogen-bond donors (Lipinski definition) is 2. The van der Waals surface area contributed by atoms with E-state index >= 15 is 4.79 Å². The third kappa shape index (κ3) is 6.73. The zero-order valence-electron chi connectivity index (χ0n) is 34.7. The Morgan fingerprint density at radius 3 is 2.19 bits per heavy atom. The molecule has 2 heterocycles. The number of ether oxygens (including phenoxy) is 3. The molecule has 2 saturated heterocycles. The van der Waals surface area contributed by atoms with Gasteiger partial charge in [-0.25, -0.2) is 0 Å². The molecule has 2 aliphatic heterocycles. The fourth-order valence-electron chi connectivity index (χ4n) is 10.2. The monoisotopic (exact) mass is 829 g/mol. The molecule has 0 spiro atoms. The Morgan fingerprint density at radius 1 is 0.774 bits per heavy atom. The van der Waals surface area contributed by atoms with Crippen LogP contribution in [0.2, 0.25) is 0 Å². The first-order valence-electron chi connectivity index (χ1n) is 20.9. The van der Waals surface area contributed by atoms with E-state index in [4.69, 9.17) is 14.2 Å². The molecule has 62 heavy (non-hydrogen) atoms. The van der Waals surface area contributed by atoms with Crippen molar-refractivity contribution in [2.75, 3.05) is 37.8 Å². The topological polar surface area (TPSA) is 135 Å². The quantitative estimate of drug-likeness (QED) is 0.0736. The number of allylic oxidation sites excluding steroid dienone is 2. The van der Waals surface area contributed by atoms with Gasteiger partial charge in [0.25, 0.3) is 11.8 Å². The van der Waals surface area contributed by atoms with Crippen LogP contribution in [0.5, 0.6) is 17.2 Å². The van der Waals surface area contributed by atoms with Crippen LogP contribution in [0.3, 0.4) is 0 Å². The smallest absolute Gasteiger partial charge is 0.260 e. The van der Waals surface area contributed by atoms with E-state index in [2.05, 4.69) is 11.5 Å². The molecule has 0 bridgehead atoms. The molecule has 0 aromatic heterocycles. The predicted octanol–water partition coefficient (Wildman–Crippen LogP) is 7.74. The number of nitrogens with zero attached hydrogens (tertiary/aromatic N) is 2. The first-order chi connectivity index (χ1) is 30.2. The van der Waals surface area contributed by atoms with Crippen LogP contribution in [-0.4, -0.2) is 61.2 Å². The van der Waals surface area contributed by atoms with Gasteiger partial charge in [0.15, 0.2) is 0 Å². The standard InChI is InChI=1S/C51H47N3O8/c1-31-9-17-36(18-10-31)52-54-48(57)43-30-42-40(46(33-15-21-38(22-16-33)62-28-27-55)51(43,50(54)59)35-7-5-4-6-8-35)24-25-41-45(42)49(58)53(47(41)56)37-19-12-32(13-20-37)11-14-34-29-39(60-2)23-26-44(34)61-3/h4-24,26,29,41-43,45-46,52,55H,25,27-28,30H2,1-3H3/t41-,42+,43-,45-,46-,51+/m0/s1. The van der Waals surface area contributed by atoms with E-state index in [1.807, 2.05) is 116 Å². The molecule has 11 nitrogen and oxygen atoms in total. The number of methoxy groups -OCH3 is 2. The Hall–Kier alpha value is -6.98. The van der Waals surface area contributed by atoms with Crippen LogP contribution in [-0.2, 0) is 24.6 Å². The van der Waals surface area contributed by atoms with E-state index in [1.54, 1.807) is 38.5 Å². The summed E-state index contributed by atoms with van der Waals surface area (Å²) in [5, 5.41) is 10.6. The molecule has 9 rings (SSSR count). The molecule has 5 aromatic rings. The maximum Gasteiger partial charge on any atom is 0.260 e. The van der Waals surface area contributed by atoms with Gasteiger partial charge in [-0.3, -0.25) is 29.5 Å². The van der Waals surface area contributed by atoms with E-state index in [-0.39, 0.29) is 37.4 Å². The number of hydrogen-bond acceptors (Lipinski definition) is 9. The van der Waals surface area contributed by atoms with Crippen molar-refractivity contribution >= 4 is 47.2 Å². The zero-order valence-corrected chi connectivity index (χ0v) is 34.7. The molecule has 3 fully saturated rings. The number of amides is 4. The highest BCUT2D eigenvalue weighted by Crippen LogP contribution is 2.64. The Labute approximate surface area is 360 Å². The minimum absolute atomic E-state index is 0.117. The molecule has 6 atom stereocenters. The lowest BCUT2D eigenvalue weighted by Gasteiger charge is -2.50. The summed E-state index contributed by atoms with van der Waals surface area (Å²) in [5.41, 5.74) is 7.87. The van der Waals surface area contributed by atoms with Gasteiger partial charge in [0.2, 0.25) is 11.8 Å². The Kier molecular flexibility index (Phi) is 10.7. The lowest BCUT2D eigenvalue weighted by atomic mass is 9.49. The van der Waals surface area contributed by atoms with Gasteiger partial charge >= 0.3 is 0 Å². The van der Waals surface area contributed by atoms with Crippen LogP contribution in [0.25, 0.3) is 12.2 Å². The van der Waals surface area contributed by atoms with E-state index in [0.29, 0.717) is 40.6 Å². The maximum atomic E-state index is 15.4. The molecular formula is C51H47N3O8. The summed E-state index contributed by atoms with van der Waals surface area (Å²) < 4.78 is 16.6. The summed E-state index contributed by atoms with van der Waals surface area (Å²) in [5.74, 6) is -2.88. The second-order valence-corrected chi connectivity index (χ2v) is 16.3. The number of imide groups is 2. The number of rotatable bonds is 12. The summed E-state index contributed by atoms with van der Waals surface area (Å²) in [7, 11) is 3.22. The van der Waals surface area contributed by atoms with Crippen LogP contribution in [0.1, 0.15) is 46.6 Å². The number of carbonyl (C=O) groups is 4. The van der Waals surface area contributed by atoms with Crippen molar-refractivity contribution in [1.82, 2.24) is 5.01 Å². The van der Waals surface area contributed by atoms with Crippen LogP contribution in [0, 0.1) is 30.6 Å². The Morgan fingerprint density at radius 2 is 1.50 bits per heavy atom. The molecule has 2 N–H and O–H groups in total. The normalized spacial score (nSPS) is 24.1. The fourth-order valence-corrected chi connectivity index (χ4v) is 10.2. The molecule has 11 heteroatoms. The number of fused-ring (bicyclic) bond motifs is 4. The summed E-state index contributed by atoms with van der Waals surface area (Å²) in [4.78, 5) is 61.0. The van der Waals surface area contributed by atoms with Gasteiger partial charge in [-0.05, 0) is 97.0 Å². The van der Waals surface area contributed by atoms with Crippen molar-refractivity contribution in [3.63, 3.8) is 0 Å². The molecule has 5 aromatic carbocycles. The van der Waals surface area contributed by atoms with Crippen molar-refractivity contribution in [2.24, 2.45) is 23.7 Å². The number of aryl methyl sites for hydroxylation is 1. The SMILES string of the molecule is COc1ccc(OC)c(C=Cc2ccc(N3C(=O)[C@H]4[C@H](CC=C5[C@H]4C[C@H]4C(=O)N(Nc6ccc(C)cc6)C(=O)[C@@]4(c4ccccc4)[C@H]5c4ccc(OCCO)cc4)C3=O)cc2)c1. The average Bonchev–Trinajstić information content (AvgIpc) is 3.69. The predicted molar refractivity (Wildman–Crippen MR) is 235 cm³/mol. The summed E-state index contributed by atoms with van der Waals surface area (Å²) in [6, 6.07) is 37.2. The van der Waals surface area contributed by atoms with Crippen LogP contribution < -0.4 is 24.5 Å². The van der Waals surface area contributed by atoms with Gasteiger partial charge in [0, 0.05) is 11.5 Å². The van der Waals surface area contributed by atoms with E-state index in [9.17, 15) is 19.5 Å². The van der Waals surface area contributed by atoms with E-state index in [1.165, 1.54) is 4.90 Å². The van der Waals surface area contributed by atoms with Crippen molar-refractivity contribution in [3.8, 4) is 17.2 Å². The largest absolute Gasteiger partial charge is 0.497 e. The molecule has 2 aliphatic carbocycles. The number of anilines is 2. The van der Waals surface area contributed by atoms with Gasteiger partial charge in [0.1, 0.15) is 23.9 Å². The molecule has 314 valence electrons. The van der Waals surface area contributed by atoms with Gasteiger partial charge in [-0.15, -0.1) is 0 Å². The number of aliphatic hydroxyl groups is 1. The molecule has 0 radical (unpaired) electrons.